The summed E-state index contributed by atoms with van der Waals surface area (Å²) >= 11 is 3.59. The average molecular weight is 563 g/mol. The molecular formula is C23H26IN5O2S. The third kappa shape index (κ3) is 6.55. The molecule has 168 valence electrons. The molecule has 1 aromatic heterocycles. The van der Waals surface area contributed by atoms with E-state index < -0.39 is 0 Å². The first-order chi connectivity index (χ1) is 15.4. The van der Waals surface area contributed by atoms with Crippen LogP contribution in [0.2, 0.25) is 0 Å². The van der Waals surface area contributed by atoms with Crippen LogP contribution in [-0.4, -0.2) is 32.3 Å². The zero-order chi connectivity index (χ0) is 23.1. The molecule has 0 radical (unpaired) electrons. The summed E-state index contributed by atoms with van der Waals surface area (Å²) in [4.78, 5) is 25.0. The van der Waals surface area contributed by atoms with Gasteiger partial charge < -0.3 is 15.2 Å². The first-order valence-corrected chi connectivity index (χ1v) is 12.4. The van der Waals surface area contributed by atoms with E-state index in [9.17, 15) is 9.59 Å². The number of hydrogen-bond donors (Lipinski definition) is 2. The zero-order valence-electron chi connectivity index (χ0n) is 18.3. The Kier molecular flexibility index (Phi) is 8.68. The quantitative estimate of drug-likeness (QED) is 0.285. The maximum Gasteiger partial charge on any atom is 0.234 e. The molecule has 2 amide bonds. The van der Waals surface area contributed by atoms with E-state index in [4.69, 9.17) is 0 Å². The topological polar surface area (TPSA) is 88.9 Å². The number of anilines is 2. The fraction of sp³-hybridized carbons (Fsp3) is 0.304. The number of nitrogens with one attached hydrogen (secondary N) is 2. The minimum Gasteiger partial charge on any atom is -0.326 e. The van der Waals surface area contributed by atoms with Crippen LogP contribution in [0.15, 0.2) is 53.7 Å². The van der Waals surface area contributed by atoms with E-state index in [1.165, 1.54) is 11.8 Å². The summed E-state index contributed by atoms with van der Waals surface area (Å²) in [6.45, 7) is 6.79. The lowest BCUT2D eigenvalue weighted by Gasteiger charge is -2.14. The van der Waals surface area contributed by atoms with Crippen molar-refractivity contribution in [2.75, 3.05) is 16.4 Å². The monoisotopic (exact) mass is 563 g/mol. The van der Waals surface area contributed by atoms with Crippen LogP contribution >= 0.6 is 34.4 Å². The van der Waals surface area contributed by atoms with Crippen molar-refractivity contribution in [3.8, 4) is 0 Å². The van der Waals surface area contributed by atoms with E-state index in [1.54, 1.807) is 0 Å². The maximum absolute atomic E-state index is 12.6. The van der Waals surface area contributed by atoms with Crippen molar-refractivity contribution in [3.63, 3.8) is 0 Å². The van der Waals surface area contributed by atoms with Crippen molar-refractivity contribution in [2.45, 2.75) is 44.8 Å². The molecule has 0 saturated carbocycles. The van der Waals surface area contributed by atoms with Crippen molar-refractivity contribution in [2.24, 2.45) is 0 Å². The lowest BCUT2D eigenvalue weighted by molar-refractivity contribution is -0.116. The number of para-hydroxylation sites is 1. The summed E-state index contributed by atoms with van der Waals surface area (Å²) in [5, 5.41) is 14.9. The van der Waals surface area contributed by atoms with Crippen LogP contribution in [-0.2, 0) is 22.6 Å². The summed E-state index contributed by atoms with van der Waals surface area (Å²) in [6, 6.07) is 15.3. The van der Waals surface area contributed by atoms with Gasteiger partial charge in [0.2, 0.25) is 11.8 Å². The summed E-state index contributed by atoms with van der Waals surface area (Å²) in [5.41, 5.74) is 2.68. The molecule has 0 aliphatic heterocycles. The number of nitrogens with zero attached hydrogens (tertiary/aromatic N) is 3. The van der Waals surface area contributed by atoms with Gasteiger partial charge in [0.15, 0.2) is 5.16 Å². The Balaban J connectivity index is 1.60. The number of amides is 2. The number of halogens is 1. The van der Waals surface area contributed by atoms with Crippen molar-refractivity contribution in [1.82, 2.24) is 14.8 Å². The lowest BCUT2D eigenvalue weighted by atomic mass is 10.0. The second-order valence-corrected chi connectivity index (χ2v) is 9.65. The summed E-state index contributed by atoms with van der Waals surface area (Å²) < 4.78 is 3.01. The number of carbonyl (C=O) groups excluding carboxylic acids is 2. The largest absolute Gasteiger partial charge is 0.326 e. The van der Waals surface area contributed by atoms with E-state index in [2.05, 4.69) is 63.3 Å². The Morgan fingerprint density at radius 3 is 2.50 bits per heavy atom. The minimum atomic E-state index is -0.160. The highest BCUT2D eigenvalue weighted by Crippen LogP contribution is 2.27. The highest BCUT2D eigenvalue weighted by molar-refractivity contribution is 14.1. The molecular weight excluding hydrogens is 537 g/mol. The van der Waals surface area contributed by atoms with E-state index in [1.807, 2.05) is 54.0 Å². The van der Waals surface area contributed by atoms with E-state index in [0.29, 0.717) is 23.4 Å². The van der Waals surface area contributed by atoms with Crippen LogP contribution in [0.3, 0.4) is 0 Å². The third-order valence-electron chi connectivity index (χ3n) is 4.73. The van der Waals surface area contributed by atoms with Gasteiger partial charge >= 0.3 is 0 Å². The molecule has 0 aliphatic carbocycles. The van der Waals surface area contributed by atoms with E-state index in [-0.39, 0.29) is 24.0 Å². The molecule has 0 unspecified atom stereocenters. The predicted molar refractivity (Wildman–Crippen MR) is 137 cm³/mol. The first kappa shape index (κ1) is 24.2. The normalized spacial score (nSPS) is 10.9. The van der Waals surface area contributed by atoms with Gasteiger partial charge in [0.1, 0.15) is 5.82 Å². The molecule has 3 aromatic rings. The minimum absolute atomic E-state index is 0.105. The fourth-order valence-corrected chi connectivity index (χ4v) is 4.52. The molecule has 1 heterocycles. The Labute approximate surface area is 205 Å². The van der Waals surface area contributed by atoms with Crippen LogP contribution in [0.4, 0.5) is 11.4 Å². The molecule has 0 aliphatic rings. The van der Waals surface area contributed by atoms with Crippen molar-refractivity contribution in [3.05, 3.63) is 63.5 Å². The van der Waals surface area contributed by atoms with Gasteiger partial charge in [-0.2, -0.15) is 0 Å². The maximum atomic E-state index is 12.6. The molecule has 0 atom stereocenters. The Morgan fingerprint density at radius 2 is 1.81 bits per heavy atom. The highest BCUT2D eigenvalue weighted by atomic mass is 127. The zero-order valence-corrected chi connectivity index (χ0v) is 21.2. The molecule has 7 nitrogen and oxygen atoms in total. The van der Waals surface area contributed by atoms with E-state index >= 15 is 0 Å². The van der Waals surface area contributed by atoms with Gasteiger partial charge in [-0.1, -0.05) is 43.8 Å². The second kappa shape index (κ2) is 11.5. The molecule has 0 bridgehead atoms. The van der Waals surface area contributed by atoms with Crippen LogP contribution in [0.5, 0.6) is 0 Å². The average Bonchev–Trinajstić information content (AvgIpc) is 3.15. The van der Waals surface area contributed by atoms with Crippen LogP contribution in [0.25, 0.3) is 0 Å². The van der Waals surface area contributed by atoms with Gasteiger partial charge in [-0.3, -0.25) is 9.59 Å². The van der Waals surface area contributed by atoms with Gasteiger partial charge in [-0.05, 0) is 71.3 Å². The van der Waals surface area contributed by atoms with Crippen LogP contribution < -0.4 is 10.6 Å². The molecule has 0 fully saturated rings. The Bertz CT molecular complexity index is 1090. The summed E-state index contributed by atoms with van der Waals surface area (Å²) in [7, 11) is 0. The number of aromatic nitrogens is 3. The predicted octanol–water partition coefficient (Wildman–Crippen LogP) is 4.94. The number of benzene rings is 2. The molecule has 32 heavy (non-hydrogen) atoms. The van der Waals surface area contributed by atoms with Crippen LogP contribution in [0.1, 0.15) is 38.1 Å². The first-order valence-electron chi connectivity index (χ1n) is 10.4. The van der Waals surface area contributed by atoms with Gasteiger partial charge in [-0.15, -0.1) is 10.2 Å². The molecule has 2 aromatic carbocycles. The molecule has 3 rings (SSSR count). The molecule has 0 saturated heterocycles. The highest BCUT2D eigenvalue weighted by Gasteiger charge is 2.17. The Morgan fingerprint density at radius 1 is 1.06 bits per heavy atom. The van der Waals surface area contributed by atoms with Crippen LogP contribution in [0, 0.1) is 3.57 Å². The molecule has 2 N–H and O–H groups in total. The van der Waals surface area contributed by atoms with Gasteiger partial charge in [0.05, 0.1) is 12.2 Å². The van der Waals surface area contributed by atoms with Crippen molar-refractivity contribution < 1.29 is 9.59 Å². The van der Waals surface area contributed by atoms with Gasteiger partial charge in [0.25, 0.3) is 0 Å². The molecule has 0 spiro atoms. The second-order valence-electron chi connectivity index (χ2n) is 7.46. The number of rotatable bonds is 9. The number of carbonyl (C=O) groups is 2. The fourth-order valence-electron chi connectivity index (χ4n) is 3.19. The summed E-state index contributed by atoms with van der Waals surface area (Å²) in [5.74, 6) is 0.821. The SMILES string of the molecule is CCn1c(CC(=O)Nc2ccccc2)nnc1SCC(=O)Nc1ccc(I)cc1C(C)C. The van der Waals surface area contributed by atoms with E-state index in [0.717, 1.165) is 20.5 Å². The number of hydrogen-bond acceptors (Lipinski definition) is 5. The van der Waals surface area contributed by atoms with Gasteiger partial charge in [0, 0.05) is 21.5 Å². The number of thioether (sulfide) groups is 1. The van der Waals surface area contributed by atoms with Crippen molar-refractivity contribution >= 4 is 57.5 Å². The van der Waals surface area contributed by atoms with Crippen molar-refractivity contribution in [1.29, 1.82) is 0 Å². The Hall–Kier alpha value is -2.40. The molecule has 9 heteroatoms. The smallest absolute Gasteiger partial charge is 0.234 e. The standard InChI is InChI=1S/C23H26IN5O2S/c1-4-29-20(13-21(30)25-17-8-6-5-7-9-17)27-28-23(29)32-14-22(31)26-19-11-10-16(24)12-18(19)15(2)3/h5-12,15H,4,13-14H2,1-3H3,(H,25,30)(H,26,31). The lowest BCUT2D eigenvalue weighted by Crippen LogP contribution is -2.18. The third-order valence-corrected chi connectivity index (χ3v) is 6.37. The van der Waals surface area contributed by atoms with Gasteiger partial charge in [-0.25, -0.2) is 0 Å². The summed E-state index contributed by atoms with van der Waals surface area (Å²) in [6.07, 6.45) is 0.114.